The molecule has 0 unspecified atom stereocenters. The monoisotopic (exact) mass is 277 g/mol. The number of ether oxygens (including phenoxy) is 1. The molecule has 0 amide bonds. The SMILES string of the molecule is COc1ccc(F)c(N2CC3(CCC(C=O)CC3)C2)c1. The Morgan fingerprint density at radius 3 is 2.65 bits per heavy atom. The third-order valence-electron chi connectivity index (χ3n) is 4.83. The molecule has 0 N–H and O–H groups in total. The summed E-state index contributed by atoms with van der Waals surface area (Å²) in [4.78, 5) is 12.9. The van der Waals surface area contributed by atoms with Crippen molar-refractivity contribution in [1.82, 2.24) is 0 Å². The third-order valence-corrected chi connectivity index (χ3v) is 4.83. The molecule has 20 heavy (non-hydrogen) atoms. The Bertz CT molecular complexity index is 501. The summed E-state index contributed by atoms with van der Waals surface area (Å²) in [5, 5.41) is 0. The molecular formula is C16H20FNO2. The van der Waals surface area contributed by atoms with Crippen molar-refractivity contribution in [2.45, 2.75) is 25.7 Å². The minimum absolute atomic E-state index is 0.192. The number of benzene rings is 1. The Labute approximate surface area is 118 Å². The van der Waals surface area contributed by atoms with Crippen molar-refractivity contribution in [3.05, 3.63) is 24.0 Å². The molecular weight excluding hydrogens is 257 g/mol. The lowest BCUT2D eigenvalue weighted by atomic mass is 9.66. The van der Waals surface area contributed by atoms with Crippen LogP contribution in [-0.2, 0) is 4.79 Å². The van der Waals surface area contributed by atoms with Crippen molar-refractivity contribution in [3.8, 4) is 5.75 Å². The van der Waals surface area contributed by atoms with Crippen LogP contribution in [0.4, 0.5) is 10.1 Å². The summed E-state index contributed by atoms with van der Waals surface area (Å²) in [7, 11) is 1.59. The topological polar surface area (TPSA) is 29.5 Å². The Balaban J connectivity index is 1.67. The number of carbonyl (C=O) groups excluding carboxylic acids is 1. The predicted octanol–water partition coefficient (Wildman–Crippen LogP) is 3.03. The molecule has 1 spiro atoms. The van der Waals surface area contributed by atoms with Crippen LogP contribution in [0.5, 0.6) is 5.75 Å². The quantitative estimate of drug-likeness (QED) is 0.795. The zero-order valence-electron chi connectivity index (χ0n) is 11.8. The van der Waals surface area contributed by atoms with Crippen molar-refractivity contribution in [1.29, 1.82) is 0 Å². The van der Waals surface area contributed by atoms with Gasteiger partial charge in [-0.25, -0.2) is 4.39 Å². The molecule has 0 atom stereocenters. The summed E-state index contributed by atoms with van der Waals surface area (Å²) in [5.41, 5.74) is 0.933. The van der Waals surface area contributed by atoms with E-state index in [4.69, 9.17) is 4.74 Å². The van der Waals surface area contributed by atoms with Gasteiger partial charge in [-0.2, -0.15) is 0 Å². The first kappa shape index (κ1) is 13.4. The van der Waals surface area contributed by atoms with Gasteiger partial charge in [0.15, 0.2) is 0 Å². The number of anilines is 1. The lowest BCUT2D eigenvalue weighted by molar-refractivity contribution is -0.112. The molecule has 1 saturated heterocycles. The maximum Gasteiger partial charge on any atom is 0.146 e. The molecule has 2 fully saturated rings. The van der Waals surface area contributed by atoms with Crippen molar-refractivity contribution >= 4 is 12.0 Å². The van der Waals surface area contributed by atoms with E-state index in [0.717, 1.165) is 45.1 Å². The van der Waals surface area contributed by atoms with Crippen molar-refractivity contribution in [3.63, 3.8) is 0 Å². The summed E-state index contributed by atoms with van der Waals surface area (Å²) in [6.07, 6.45) is 5.22. The second kappa shape index (κ2) is 5.08. The van der Waals surface area contributed by atoms with Crippen molar-refractivity contribution in [2.75, 3.05) is 25.1 Å². The van der Waals surface area contributed by atoms with Gasteiger partial charge in [0.2, 0.25) is 0 Å². The molecule has 1 heterocycles. The van der Waals surface area contributed by atoms with Crippen LogP contribution in [0.1, 0.15) is 25.7 Å². The van der Waals surface area contributed by atoms with Crippen molar-refractivity contribution < 1.29 is 13.9 Å². The summed E-state index contributed by atoms with van der Waals surface area (Å²) in [6, 6.07) is 4.87. The molecule has 1 aromatic rings. The molecule has 0 aromatic heterocycles. The lowest BCUT2D eigenvalue weighted by Crippen LogP contribution is -2.58. The summed E-state index contributed by atoms with van der Waals surface area (Å²) in [6.45, 7) is 1.78. The highest BCUT2D eigenvalue weighted by molar-refractivity contribution is 5.56. The van der Waals surface area contributed by atoms with Crippen LogP contribution >= 0.6 is 0 Å². The number of carbonyl (C=O) groups is 1. The van der Waals surface area contributed by atoms with E-state index >= 15 is 0 Å². The van der Waals surface area contributed by atoms with Gasteiger partial charge in [0.1, 0.15) is 17.9 Å². The van der Waals surface area contributed by atoms with Crippen molar-refractivity contribution in [2.24, 2.45) is 11.3 Å². The van der Waals surface area contributed by atoms with E-state index in [1.165, 1.54) is 6.07 Å². The molecule has 108 valence electrons. The fraction of sp³-hybridized carbons (Fsp3) is 0.562. The lowest BCUT2D eigenvalue weighted by Gasteiger charge is -2.54. The second-order valence-electron chi connectivity index (χ2n) is 6.15. The highest BCUT2D eigenvalue weighted by atomic mass is 19.1. The smallest absolute Gasteiger partial charge is 0.146 e. The van der Waals surface area contributed by atoms with E-state index < -0.39 is 0 Å². The number of rotatable bonds is 3. The Morgan fingerprint density at radius 1 is 1.35 bits per heavy atom. The minimum atomic E-state index is -0.192. The fourth-order valence-electron chi connectivity index (χ4n) is 3.50. The van der Waals surface area contributed by atoms with Gasteiger partial charge < -0.3 is 14.4 Å². The van der Waals surface area contributed by atoms with E-state index in [9.17, 15) is 9.18 Å². The molecule has 1 saturated carbocycles. The highest BCUT2D eigenvalue weighted by Crippen LogP contribution is 2.47. The number of aldehydes is 1. The fourth-order valence-corrected chi connectivity index (χ4v) is 3.50. The van der Waals surface area contributed by atoms with Gasteiger partial charge in [0, 0.05) is 30.5 Å². The summed E-state index contributed by atoms with van der Waals surface area (Å²) in [5.74, 6) is 0.734. The third kappa shape index (κ3) is 2.28. The molecule has 1 aliphatic carbocycles. The number of methoxy groups -OCH3 is 1. The van der Waals surface area contributed by atoms with E-state index in [2.05, 4.69) is 4.90 Å². The normalized spacial score (nSPS) is 21.6. The first-order chi connectivity index (χ1) is 9.65. The number of hydrogen-bond donors (Lipinski definition) is 0. The van der Waals surface area contributed by atoms with Gasteiger partial charge in [0.25, 0.3) is 0 Å². The maximum atomic E-state index is 13.9. The number of halogens is 1. The zero-order chi connectivity index (χ0) is 14.2. The van der Waals surface area contributed by atoms with Gasteiger partial charge in [-0.1, -0.05) is 0 Å². The molecule has 1 aromatic carbocycles. The maximum absolute atomic E-state index is 13.9. The van der Waals surface area contributed by atoms with E-state index in [1.807, 2.05) is 0 Å². The average molecular weight is 277 g/mol. The molecule has 3 nitrogen and oxygen atoms in total. The van der Waals surface area contributed by atoms with Crippen LogP contribution in [-0.4, -0.2) is 26.5 Å². The summed E-state index contributed by atoms with van der Waals surface area (Å²) >= 11 is 0. The number of nitrogens with zero attached hydrogens (tertiary/aromatic N) is 1. The minimum Gasteiger partial charge on any atom is -0.497 e. The van der Waals surface area contributed by atoms with Gasteiger partial charge in [0.05, 0.1) is 12.8 Å². The zero-order valence-corrected chi connectivity index (χ0v) is 11.8. The molecule has 0 radical (unpaired) electrons. The van der Waals surface area contributed by atoms with Crippen LogP contribution in [0.2, 0.25) is 0 Å². The Morgan fingerprint density at radius 2 is 2.05 bits per heavy atom. The van der Waals surface area contributed by atoms with Crippen LogP contribution in [0.15, 0.2) is 18.2 Å². The molecule has 0 bridgehead atoms. The van der Waals surface area contributed by atoms with Crippen LogP contribution in [0.3, 0.4) is 0 Å². The largest absolute Gasteiger partial charge is 0.497 e. The van der Waals surface area contributed by atoms with Gasteiger partial charge >= 0.3 is 0 Å². The standard InChI is InChI=1S/C16H20FNO2/c1-20-13-2-3-14(17)15(8-13)18-10-16(11-18)6-4-12(9-19)5-7-16/h2-3,8-9,12H,4-7,10-11H2,1H3. The molecule has 1 aliphatic heterocycles. The molecule has 2 aliphatic rings. The van der Waals surface area contributed by atoms with Gasteiger partial charge in [-0.15, -0.1) is 0 Å². The van der Waals surface area contributed by atoms with Crippen LogP contribution < -0.4 is 9.64 Å². The Hall–Kier alpha value is -1.58. The van der Waals surface area contributed by atoms with Crippen LogP contribution in [0.25, 0.3) is 0 Å². The highest BCUT2D eigenvalue weighted by Gasteiger charge is 2.45. The first-order valence-electron chi connectivity index (χ1n) is 7.20. The first-order valence-corrected chi connectivity index (χ1v) is 7.20. The second-order valence-corrected chi connectivity index (χ2v) is 6.15. The van der Waals surface area contributed by atoms with E-state index in [1.54, 1.807) is 19.2 Å². The van der Waals surface area contributed by atoms with Gasteiger partial charge in [-0.3, -0.25) is 0 Å². The predicted molar refractivity (Wildman–Crippen MR) is 75.6 cm³/mol. The number of hydrogen-bond acceptors (Lipinski definition) is 3. The van der Waals surface area contributed by atoms with Crippen LogP contribution in [0, 0.1) is 17.2 Å². The van der Waals surface area contributed by atoms with E-state index in [0.29, 0.717) is 16.9 Å². The Kier molecular flexibility index (Phi) is 3.40. The van der Waals surface area contributed by atoms with Gasteiger partial charge in [-0.05, 0) is 37.8 Å². The molecule has 4 heteroatoms. The van der Waals surface area contributed by atoms with E-state index in [-0.39, 0.29) is 11.7 Å². The molecule has 3 rings (SSSR count). The average Bonchev–Trinajstić information content (AvgIpc) is 2.46. The summed E-state index contributed by atoms with van der Waals surface area (Å²) < 4.78 is 19.1.